The third kappa shape index (κ3) is 3.59. The van der Waals surface area contributed by atoms with E-state index in [1.54, 1.807) is 6.07 Å². The number of H-pyrrole nitrogens is 1. The molecule has 0 saturated carbocycles. The van der Waals surface area contributed by atoms with E-state index in [9.17, 15) is 4.79 Å². The lowest BCUT2D eigenvalue weighted by Crippen LogP contribution is -2.34. The Morgan fingerprint density at radius 1 is 1.06 bits per heavy atom. The fourth-order valence-electron chi connectivity index (χ4n) is 4.37. The SMILES string of the molecule is CN(Cc1ccccc1)C1CCN(c2nnc(-c3n[nH]c(=O)c4ccccc34)n2C)C1. The van der Waals surface area contributed by atoms with Gasteiger partial charge in [0.05, 0.1) is 5.39 Å². The van der Waals surface area contributed by atoms with Gasteiger partial charge in [-0.1, -0.05) is 48.5 Å². The van der Waals surface area contributed by atoms with E-state index in [4.69, 9.17) is 0 Å². The molecule has 0 aliphatic carbocycles. The van der Waals surface area contributed by atoms with Crippen LogP contribution in [-0.4, -0.2) is 56.0 Å². The van der Waals surface area contributed by atoms with Gasteiger partial charge in [-0.25, -0.2) is 5.10 Å². The highest BCUT2D eigenvalue weighted by molar-refractivity contribution is 5.92. The van der Waals surface area contributed by atoms with Crippen LogP contribution in [0.5, 0.6) is 0 Å². The van der Waals surface area contributed by atoms with Crippen LogP contribution in [0.15, 0.2) is 59.4 Å². The van der Waals surface area contributed by atoms with E-state index in [2.05, 4.69) is 61.5 Å². The lowest BCUT2D eigenvalue weighted by atomic mass is 10.1. The Morgan fingerprint density at radius 3 is 2.61 bits per heavy atom. The summed E-state index contributed by atoms with van der Waals surface area (Å²) in [5.74, 6) is 1.46. The molecule has 31 heavy (non-hydrogen) atoms. The van der Waals surface area contributed by atoms with Crippen LogP contribution in [0.25, 0.3) is 22.3 Å². The molecule has 1 aliphatic heterocycles. The second kappa shape index (κ2) is 7.96. The number of likely N-dealkylation sites (N-methyl/N-ethyl adjacent to an activating group) is 1. The molecule has 0 bridgehead atoms. The van der Waals surface area contributed by atoms with Crippen molar-refractivity contribution >= 4 is 16.7 Å². The van der Waals surface area contributed by atoms with Crippen LogP contribution >= 0.6 is 0 Å². The van der Waals surface area contributed by atoms with Crippen LogP contribution in [0.4, 0.5) is 5.95 Å². The number of nitrogens with zero attached hydrogens (tertiary/aromatic N) is 6. The fourth-order valence-corrected chi connectivity index (χ4v) is 4.37. The molecule has 8 nitrogen and oxygen atoms in total. The Labute approximate surface area is 180 Å². The molecule has 1 N–H and O–H groups in total. The van der Waals surface area contributed by atoms with E-state index in [1.807, 2.05) is 35.9 Å². The van der Waals surface area contributed by atoms with Crippen molar-refractivity contribution < 1.29 is 0 Å². The number of fused-ring (bicyclic) bond motifs is 1. The third-order valence-corrected chi connectivity index (χ3v) is 6.10. The molecule has 3 heterocycles. The Bertz CT molecular complexity index is 1260. The smallest absolute Gasteiger partial charge is 0.272 e. The van der Waals surface area contributed by atoms with Gasteiger partial charge in [0.15, 0.2) is 5.82 Å². The molecular formula is C23H25N7O. The minimum atomic E-state index is -0.203. The summed E-state index contributed by atoms with van der Waals surface area (Å²) >= 11 is 0. The molecule has 158 valence electrons. The highest BCUT2D eigenvalue weighted by Crippen LogP contribution is 2.27. The first-order valence-corrected chi connectivity index (χ1v) is 10.5. The first kappa shape index (κ1) is 19.4. The molecule has 2 aromatic heterocycles. The van der Waals surface area contributed by atoms with E-state index in [1.165, 1.54) is 5.56 Å². The highest BCUT2D eigenvalue weighted by Gasteiger charge is 2.29. The van der Waals surface area contributed by atoms with Crippen LogP contribution in [0.3, 0.4) is 0 Å². The Hall–Kier alpha value is -3.52. The molecule has 1 unspecified atom stereocenters. The summed E-state index contributed by atoms with van der Waals surface area (Å²) in [6.07, 6.45) is 1.07. The Balaban J connectivity index is 1.38. The highest BCUT2D eigenvalue weighted by atomic mass is 16.1. The minimum absolute atomic E-state index is 0.203. The maximum absolute atomic E-state index is 12.1. The monoisotopic (exact) mass is 415 g/mol. The first-order valence-electron chi connectivity index (χ1n) is 10.5. The number of hydrogen-bond acceptors (Lipinski definition) is 6. The number of aromatic amines is 1. The second-order valence-corrected chi connectivity index (χ2v) is 8.12. The van der Waals surface area contributed by atoms with E-state index in [0.29, 0.717) is 22.9 Å². The quantitative estimate of drug-likeness (QED) is 0.539. The lowest BCUT2D eigenvalue weighted by Gasteiger charge is -2.25. The van der Waals surface area contributed by atoms with Crippen molar-refractivity contribution in [2.45, 2.75) is 19.0 Å². The van der Waals surface area contributed by atoms with Gasteiger partial charge in [-0.05, 0) is 25.1 Å². The first-order chi connectivity index (χ1) is 15.1. The number of nitrogens with one attached hydrogen (secondary N) is 1. The van der Waals surface area contributed by atoms with Gasteiger partial charge in [0, 0.05) is 38.1 Å². The van der Waals surface area contributed by atoms with Gasteiger partial charge in [0.1, 0.15) is 5.69 Å². The normalized spacial score (nSPS) is 16.5. The van der Waals surface area contributed by atoms with Gasteiger partial charge in [-0.15, -0.1) is 10.2 Å². The average Bonchev–Trinajstić information content (AvgIpc) is 3.42. The van der Waals surface area contributed by atoms with Gasteiger partial charge in [0.2, 0.25) is 5.95 Å². The molecule has 1 aliphatic rings. The number of anilines is 1. The molecule has 5 rings (SSSR count). The van der Waals surface area contributed by atoms with Crippen molar-refractivity contribution in [3.8, 4) is 11.5 Å². The predicted molar refractivity (Wildman–Crippen MR) is 121 cm³/mol. The molecule has 0 radical (unpaired) electrons. The van der Waals surface area contributed by atoms with Crippen LogP contribution in [0.1, 0.15) is 12.0 Å². The number of rotatable bonds is 5. The van der Waals surface area contributed by atoms with E-state index < -0.39 is 0 Å². The largest absolute Gasteiger partial charge is 0.339 e. The molecule has 8 heteroatoms. The zero-order chi connectivity index (χ0) is 21.4. The Kier molecular flexibility index (Phi) is 4.99. The average molecular weight is 416 g/mol. The molecule has 4 aromatic rings. The van der Waals surface area contributed by atoms with Gasteiger partial charge in [0.25, 0.3) is 5.56 Å². The molecule has 2 aromatic carbocycles. The molecule has 1 saturated heterocycles. The zero-order valence-corrected chi connectivity index (χ0v) is 17.7. The topological polar surface area (TPSA) is 82.9 Å². The van der Waals surface area contributed by atoms with Crippen LogP contribution in [-0.2, 0) is 13.6 Å². The summed E-state index contributed by atoms with van der Waals surface area (Å²) < 4.78 is 1.96. The zero-order valence-electron chi connectivity index (χ0n) is 17.7. The van der Waals surface area contributed by atoms with Gasteiger partial charge < -0.3 is 4.90 Å². The fraction of sp³-hybridized carbons (Fsp3) is 0.304. The maximum Gasteiger partial charge on any atom is 0.272 e. The number of aromatic nitrogens is 5. The summed E-state index contributed by atoms with van der Waals surface area (Å²) in [4.78, 5) is 16.8. The van der Waals surface area contributed by atoms with Gasteiger partial charge in [-0.3, -0.25) is 14.3 Å². The van der Waals surface area contributed by atoms with Gasteiger partial charge >= 0.3 is 0 Å². The molecule has 0 spiro atoms. The van der Waals surface area contributed by atoms with Crippen molar-refractivity contribution in [3.63, 3.8) is 0 Å². The Morgan fingerprint density at radius 2 is 1.81 bits per heavy atom. The predicted octanol–water partition coefficient (Wildman–Crippen LogP) is 2.43. The van der Waals surface area contributed by atoms with Crippen molar-refractivity contribution in [2.24, 2.45) is 7.05 Å². The molecule has 0 amide bonds. The van der Waals surface area contributed by atoms with Crippen LogP contribution in [0.2, 0.25) is 0 Å². The summed E-state index contributed by atoms with van der Waals surface area (Å²) in [6.45, 7) is 2.75. The summed E-state index contributed by atoms with van der Waals surface area (Å²) in [5, 5.41) is 17.1. The lowest BCUT2D eigenvalue weighted by molar-refractivity contribution is 0.250. The summed E-state index contributed by atoms with van der Waals surface area (Å²) in [7, 11) is 4.13. The molecule has 1 fully saturated rings. The number of hydrogen-bond donors (Lipinski definition) is 1. The van der Waals surface area contributed by atoms with E-state index in [0.717, 1.165) is 37.4 Å². The maximum atomic E-state index is 12.1. The second-order valence-electron chi connectivity index (χ2n) is 8.12. The van der Waals surface area contributed by atoms with Crippen LogP contribution < -0.4 is 10.5 Å². The van der Waals surface area contributed by atoms with E-state index in [-0.39, 0.29) is 5.56 Å². The van der Waals surface area contributed by atoms with Crippen molar-refractivity contribution in [1.82, 2.24) is 29.9 Å². The minimum Gasteiger partial charge on any atom is -0.339 e. The molecule has 1 atom stereocenters. The number of benzene rings is 2. The summed E-state index contributed by atoms with van der Waals surface area (Å²) in [5.41, 5.74) is 1.75. The van der Waals surface area contributed by atoms with Crippen molar-refractivity contribution in [2.75, 3.05) is 25.0 Å². The standard InChI is InChI=1S/C23H25N7O/c1-28(14-16-8-4-3-5-9-16)17-12-13-30(15-17)23-27-25-21(29(23)2)20-18-10-6-7-11-19(18)22(31)26-24-20/h3-11,17H,12-15H2,1-2H3,(H,26,31). The van der Waals surface area contributed by atoms with Crippen molar-refractivity contribution in [1.29, 1.82) is 0 Å². The van der Waals surface area contributed by atoms with Gasteiger partial charge in [-0.2, -0.15) is 5.10 Å². The van der Waals surface area contributed by atoms with E-state index >= 15 is 0 Å². The summed E-state index contributed by atoms with van der Waals surface area (Å²) in [6, 6.07) is 18.4. The third-order valence-electron chi connectivity index (χ3n) is 6.10. The van der Waals surface area contributed by atoms with Crippen molar-refractivity contribution in [3.05, 3.63) is 70.5 Å². The molecular weight excluding hydrogens is 390 g/mol. The van der Waals surface area contributed by atoms with Crippen LogP contribution in [0, 0.1) is 0 Å².